The van der Waals surface area contributed by atoms with Crippen LogP contribution in [0.4, 0.5) is 0 Å². The number of ether oxygens (including phenoxy) is 3. The highest BCUT2D eigenvalue weighted by molar-refractivity contribution is 6.15. The highest BCUT2D eigenvalue weighted by Gasteiger charge is 2.50. The van der Waals surface area contributed by atoms with Crippen LogP contribution in [0.15, 0.2) is 0 Å². The second-order valence-electron chi connectivity index (χ2n) is 5.06. The van der Waals surface area contributed by atoms with Crippen LogP contribution >= 0.6 is 0 Å². The Bertz CT molecular complexity index is 386. The molecule has 0 N–H and O–H groups in total. The van der Waals surface area contributed by atoms with E-state index in [-0.39, 0.29) is 25.4 Å². The molecule has 0 saturated carbocycles. The summed E-state index contributed by atoms with van der Waals surface area (Å²) >= 11 is 0. The molecule has 2 saturated heterocycles. The molecule has 6 nitrogen and oxygen atoms in total. The molecule has 2 bridgehead atoms. The number of rotatable bonds is 6. The summed E-state index contributed by atoms with van der Waals surface area (Å²) in [5.41, 5.74) is 0. The number of carbonyl (C=O) groups is 3. The number of carbonyl (C=O) groups excluding carboxylic acids is 3. The van der Waals surface area contributed by atoms with Crippen molar-refractivity contribution in [2.24, 2.45) is 11.8 Å². The molecular formula is C14H20O6. The fraction of sp³-hybridized carbons (Fsp3) is 0.786. The van der Waals surface area contributed by atoms with Crippen LogP contribution in [-0.4, -0.2) is 43.1 Å². The zero-order chi connectivity index (χ0) is 14.7. The van der Waals surface area contributed by atoms with Gasteiger partial charge in [0.2, 0.25) is 5.92 Å². The molecule has 2 heterocycles. The molecule has 2 aliphatic rings. The van der Waals surface area contributed by atoms with Gasteiger partial charge in [0.25, 0.3) is 0 Å². The molecular weight excluding hydrogens is 264 g/mol. The molecule has 2 fully saturated rings. The Morgan fingerprint density at radius 3 is 2.10 bits per heavy atom. The smallest absolute Gasteiger partial charge is 0.328 e. The molecule has 0 aromatic heterocycles. The van der Waals surface area contributed by atoms with E-state index in [9.17, 15) is 14.4 Å². The highest BCUT2D eigenvalue weighted by Crippen LogP contribution is 2.40. The van der Waals surface area contributed by atoms with Crippen molar-refractivity contribution in [2.45, 2.75) is 45.3 Å². The van der Waals surface area contributed by atoms with Crippen LogP contribution in [0.3, 0.4) is 0 Å². The largest absolute Gasteiger partial charge is 0.465 e. The van der Waals surface area contributed by atoms with Crippen molar-refractivity contribution < 1.29 is 28.6 Å². The summed E-state index contributed by atoms with van der Waals surface area (Å²) in [6, 6.07) is 0. The lowest BCUT2D eigenvalue weighted by atomic mass is 9.81. The van der Waals surface area contributed by atoms with Gasteiger partial charge >= 0.3 is 11.9 Å². The summed E-state index contributed by atoms with van der Waals surface area (Å²) in [4.78, 5) is 36.2. The van der Waals surface area contributed by atoms with Gasteiger partial charge in [-0.15, -0.1) is 0 Å². The van der Waals surface area contributed by atoms with E-state index >= 15 is 0 Å². The molecule has 0 radical (unpaired) electrons. The van der Waals surface area contributed by atoms with E-state index in [0.29, 0.717) is 6.42 Å². The Morgan fingerprint density at radius 2 is 1.70 bits per heavy atom. The lowest BCUT2D eigenvalue weighted by Gasteiger charge is -2.21. The first-order chi connectivity index (χ1) is 9.58. The van der Waals surface area contributed by atoms with Gasteiger partial charge in [-0.25, -0.2) is 0 Å². The SMILES string of the molecule is CCOC(=O)C(C(=O)OCC)C(=O)C1CC2CCC1O2. The second kappa shape index (κ2) is 6.35. The van der Waals surface area contributed by atoms with Gasteiger partial charge < -0.3 is 14.2 Å². The first-order valence-electron chi connectivity index (χ1n) is 7.10. The number of hydrogen-bond donors (Lipinski definition) is 0. The zero-order valence-corrected chi connectivity index (χ0v) is 11.8. The predicted molar refractivity (Wildman–Crippen MR) is 67.8 cm³/mol. The quantitative estimate of drug-likeness (QED) is 0.532. The fourth-order valence-electron chi connectivity index (χ4n) is 2.93. The summed E-state index contributed by atoms with van der Waals surface area (Å²) in [5.74, 6) is -3.93. The van der Waals surface area contributed by atoms with E-state index in [2.05, 4.69) is 0 Å². The van der Waals surface area contributed by atoms with Crippen molar-refractivity contribution >= 4 is 17.7 Å². The Kier molecular flexibility index (Phi) is 4.75. The molecule has 0 spiro atoms. The Balaban J connectivity index is 2.11. The molecule has 2 rings (SSSR count). The Labute approximate surface area is 117 Å². The van der Waals surface area contributed by atoms with Crippen LogP contribution in [0.1, 0.15) is 33.1 Å². The summed E-state index contributed by atoms with van der Waals surface area (Å²) in [6.45, 7) is 3.50. The molecule has 0 aromatic carbocycles. The van der Waals surface area contributed by atoms with E-state index in [1.807, 2.05) is 0 Å². The van der Waals surface area contributed by atoms with E-state index in [1.165, 1.54) is 0 Å². The van der Waals surface area contributed by atoms with Crippen LogP contribution < -0.4 is 0 Å². The first-order valence-corrected chi connectivity index (χ1v) is 7.10. The van der Waals surface area contributed by atoms with Crippen molar-refractivity contribution in [3.63, 3.8) is 0 Å². The summed E-state index contributed by atoms with van der Waals surface area (Å²) in [7, 11) is 0. The van der Waals surface area contributed by atoms with Crippen molar-refractivity contribution in [3.8, 4) is 0 Å². The van der Waals surface area contributed by atoms with E-state index in [4.69, 9.17) is 14.2 Å². The average Bonchev–Trinajstić information content (AvgIpc) is 3.01. The maximum Gasteiger partial charge on any atom is 0.328 e. The lowest BCUT2D eigenvalue weighted by Crippen LogP contribution is -2.41. The van der Waals surface area contributed by atoms with Crippen LogP contribution in [-0.2, 0) is 28.6 Å². The van der Waals surface area contributed by atoms with Gasteiger partial charge in [0.1, 0.15) is 0 Å². The number of Topliss-reactive ketones (excluding diaryl/α,β-unsaturated/α-hetero) is 1. The van der Waals surface area contributed by atoms with Gasteiger partial charge in [-0.2, -0.15) is 0 Å². The summed E-state index contributed by atoms with van der Waals surface area (Å²) in [5, 5.41) is 0. The van der Waals surface area contributed by atoms with Crippen molar-refractivity contribution in [1.29, 1.82) is 0 Å². The van der Waals surface area contributed by atoms with Gasteiger partial charge in [-0.1, -0.05) is 0 Å². The van der Waals surface area contributed by atoms with Crippen LogP contribution in [0.5, 0.6) is 0 Å². The van der Waals surface area contributed by atoms with Gasteiger partial charge in [0, 0.05) is 5.92 Å². The number of ketones is 1. The molecule has 0 aromatic rings. The Morgan fingerprint density at radius 1 is 1.10 bits per heavy atom. The minimum atomic E-state index is -1.47. The van der Waals surface area contributed by atoms with Crippen LogP contribution in [0, 0.1) is 11.8 Å². The van der Waals surface area contributed by atoms with Gasteiger partial charge in [0.15, 0.2) is 5.78 Å². The topological polar surface area (TPSA) is 78.9 Å². The van der Waals surface area contributed by atoms with E-state index in [0.717, 1.165) is 12.8 Å². The standard InChI is InChI=1S/C14H20O6/c1-3-18-13(16)11(14(17)19-4-2)12(15)9-7-8-5-6-10(9)20-8/h8-11H,3-7H2,1-2H3. The molecule has 6 heteroatoms. The van der Waals surface area contributed by atoms with Crippen molar-refractivity contribution in [3.05, 3.63) is 0 Å². The van der Waals surface area contributed by atoms with Gasteiger partial charge in [-0.05, 0) is 33.1 Å². The van der Waals surface area contributed by atoms with E-state index < -0.39 is 29.6 Å². The molecule has 3 unspecified atom stereocenters. The third-order valence-corrected chi connectivity index (χ3v) is 3.80. The molecule has 2 aliphatic heterocycles. The molecule has 20 heavy (non-hydrogen) atoms. The maximum atomic E-state index is 12.5. The third kappa shape index (κ3) is 2.85. The average molecular weight is 284 g/mol. The van der Waals surface area contributed by atoms with Crippen molar-refractivity contribution in [2.75, 3.05) is 13.2 Å². The van der Waals surface area contributed by atoms with Crippen molar-refractivity contribution in [1.82, 2.24) is 0 Å². The molecule has 3 atom stereocenters. The second-order valence-corrected chi connectivity index (χ2v) is 5.06. The minimum Gasteiger partial charge on any atom is -0.465 e. The monoisotopic (exact) mass is 284 g/mol. The normalized spacial score (nSPS) is 27.6. The number of esters is 2. The zero-order valence-electron chi connectivity index (χ0n) is 11.8. The van der Waals surface area contributed by atoms with Gasteiger partial charge in [0.05, 0.1) is 25.4 Å². The number of hydrogen-bond acceptors (Lipinski definition) is 6. The number of fused-ring (bicyclic) bond motifs is 2. The van der Waals surface area contributed by atoms with Crippen LogP contribution in [0.25, 0.3) is 0 Å². The van der Waals surface area contributed by atoms with E-state index in [1.54, 1.807) is 13.8 Å². The fourth-order valence-corrected chi connectivity index (χ4v) is 2.93. The third-order valence-electron chi connectivity index (χ3n) is 3.80. The molecule has 112 valence electrons. The summed E-state index contributed by atoms with van der Waals surface area (Å²) < 4.78 is 15.3. The molecule has 0 amide bonds. The first kappa shape index (κ1) is 15.0. The predicted octanol–water partition coefficient (Wildman–Crippen LogP) is 0.865. The Hall–Kier alpha value is -1.43. The highest BCUT2D eigenvalue weighted by atomic mass is 16.6. The lowest BCUT2D eigenvalue weighted by molar-refractivity contribution is -0.165. The maximum absolute atomic E-state index is 12.5. The minimum absolute atomic E-state index is 0.0824. The molecule has 0 aliphatic carbocycles. The van der Waals surface area contributed by atoms with Crippen LogP contribution in [0.2, 0.25) is 0 Å². The van der Waals surface area contributed by atoms with Gasteiger partial charge in [-0.3, -0.25) is 14.4 Å². The summed E-state index contributed by atoms with van der Waals surface area (Å²) in [6.07, 6.45) is 2.24.